The molecule has 2 heterocycles. The third-order valence-electron chi connectivity index (χ3n) is 4.04. The molecule has 0 radical (unpaired) electrons. The van der Waals surface area contributed by atoms with Crippen LogP contribution in [0, 0.1) is 13.8 Å². The number of rotatable bonds is 3. The van der Waals surface area contributed by atoms with Gasteiger partial charge < -0.3 is 15.1 Å². The largest absolute Gasteiger partial charge is 0.370 e. The summed E-state index contributed by atoms with van der Waals surface area (Å²) in [6, 6.07) is 0. The number of carbonyl (C=O) groups excluding carboxylic acids is 1. The van der Waals surface area contributed by atoms with E-state index in [0.717, 1.165) is 30.3 Å². The lowest BCUT2D eigenvalue weighted by atomic mass is 9.97. The zero-order valence-electron chi connectivity index (χ0n) is 13.8. The smallest absolute Gasteiger partial charge is 0.247 e. The summed E-state index contributed by atoms with van der Waals surface area (Å²) in [5.41, 5.74) is 0.398. The molecular formula is C15H25N5O. The van der Waals surface area contributed by atoms with Gasteiger partial charge in [-0.25, -0.2) is 9.97 Å². The Morgan fingerprint density at radius 2 is 1.90 bits per heavy atom. The summed E-state index contributed by atoms with van der Waals surface area (Å²) in [4.78, 5) is 25.4. The van der Waals surface area contributed by atoms with E-state index >= 15 is 0 Å². The summed E-state index contributed by atoms with van der Waals surface area (Å²) in [5.74, 6) is 2.54. The number of piperazine rings is 1. The van der Waals surface area contributed by atoms with Gasteiger partial charge in [0.2, 0.25) is 5.91 Å². The zero-order chi connectivity index (χ0) is 15.8. The lowest BCUT2D eigenvalue weighted by Gasteiger charge is -2.46. The highest BCUT2D eigenvalue weighted by Gasteiger charge is 2.42. The second-order valence-electron chi connectivity index (χ2n) is 6.04. The Kier molecular flexibility index (Phi) is 4.07. The second-order valence-corrected chi connectivity index (χ2v) is 6.04. The van der Waals surface area contributed by atoms with Gasteiger partial charge in [0.15, 0.2) is 0 Å². The van der Waals surface area contributed by atoms with Crippen LogP contribution in [-0.2, 0) is 4.79 Å². The monoisotopic (exact) mass is 291 g/mol. The molecule has 0 aliphatic carbocycles. The highest BCUT2D eigenvalue weighted by molar-refractivity contribution is 5.90. The summed E-state index contributed by atoms with van der Waals surface area (Å²) in [6.07, 6.45) is 0. The van der Waals surface area contributed by atoms with Crippen molar-refractivity contribution in [3.05, 3.63) is 11.4 Å². The first-order valence-corrected chi connectivity index (χ1v) is 7.41. The van der Waals surface area contributed by atoms with Crippen molar-refractivity contribution in [1.82, 2.24) is 14.9 Å². The van der Waals surface area contributed by atoms with Crippen LogP contribution < -0.4 is 10.2 Å². The van der Waals surface area contributed by atoms with Crippen LogP contribution in [0.15, 0.2) is 0 Å². The Bertz CT molecular complexity index is 555. The average Bonchev–Trinajstić information content (AvgIpc) is 2.41. The molecule has 0 atom stereocenters. The Morgan fingerprint density at radius 1 is 1.24 bits per heavy atom. The molecular weight excluding hydrogens is 266 g/mol. The lowest BCUT2D eigenvalue weighted by Crippen LogP contribution is -2.62. The van der Waals surface area contributed by atoms with Gasteiger partial charge in [0.05, 0.1) is 0 Å². The summed E-state index contributed by atoms with van der Waals surface area (Å²) < 4.78 is 0. The predicted octanol–water partition coefficient (Wildman–Crippen LogP) is 1.58. The van der Waals surface area contributed by atoms with Crippen molar-refractivity contribution in [3.8, 4) is 0 Å². The van der Waals surface area contributed by atoms with Crippen LogP contribution in [-0.4, -0.2) is 53.0 Å². The van der Waals surface area contributed by atoms with E-state index in [1.165, 1.54) is 0 Å². The Labute approximate surface area is 126 Å². The quantitative estimate of drug-likeness (QED) is 0.916. The molecule has 0 unspecified atom stereocenters. The normalized spacial score (nSPS) is 18.1. The SMILES string of the molecule is CCNc1nc(C)nc(N2CCN(C)C(=O)C2(C)C)c1C. The molecule has 6 heteroatoms. The molecule has 1 N–H and O–H groups in total. The molecule has 1 fully saturated rings. The fourth-order valence-corrected chi connectivity index (χ4v) is 2.80. The maximum absolute atomic E-state index is 12.5. The molecule has 1 saturated heterocycles. The van der Waals surface area contributed by atoms with E-state index in [-0.39, 0.29) is 5.91 Å². The minimum atomic E-state index is -0.595. The van der Waals surface area contributed by atoms with Crippen LogP contribution in [0.25, 0.3) is 0 Å². The number of nitrogens with zero attached hydrogens (tertiary/aromatic N) is 4. The van der Waals surface area contributed by atoms with Gasteiger partial charge in [-0.3, -0.25) is 4.79 Å². The number of aryl methyl sites for hydroxylation is 1. The third kappa shape index (κ3) is 2.66. The summed E-state index contributed by atoms with van der Waals surface area (Å²) >= 11 is 0. The van der Waals surface area contributed by atoms with Crippen molar-refractivity contribution in [2.45, 2.75) is 40.2 Å². The van der Waals surface area contributed by atoms with Gasteiger partial charge in [0, 0.05) is 32.2 Å². The number of anilines is 2. The van der Waals surface area contributed by atoms with Crippen molar-refractivity contribution in [2.75, 3.05) is 36.9 Å². The number of carbonyl (C=O) groups is 1. The molecule has 2 rings (SSSR count). The highest BCUT2D eigenvalue weighted by atomic mass is 16.2. The first-order valence-electron chi connectivity index (χ1n) is 7.41. The topological polar surface area (TPSA) is 61.4 Å². The van der Waals surface area contributed by atoms with E-state index in [1.54, 1.807) is 4.90 Å². The van der Waals surface area contributed by atoms with Gasteiger partial charge in [-0.05, 0) is 34.6 Å². The van der Waals surface area contributed by atoms with E-state index in [1.807, 2.05) is 41.7 Å². The van der Waals surface area contributed by atoms with Gasteiger partial charge in [0.25, 0.3) is 0 Å². The molecule has 21 heavy (non-hydrogen) atoms. The summed E-state index contributed by atoms with van der Waals surface area (Å²) in [6.45, 7) is 12.1. The summed E-state index contributed by atoms with van der Waals surface area (Å²) in [5, 5.41) is 3.27. The number of hydrogen-bond donors (Lipinski definition) is 1. The van der Waals surface area contributed by atoms with Crippen LogP contribution in [0.4, 0.5) is 11.6 Å². The van der Waals surface area contributed by atoms with Gasteiger partial charge in [-0.2, -0.15) is 0 Å². The van der Waals surface area contributed by atoms with E-state index in [4.69, 9.17) is 0 Å². The van der Waals surface area contributed by atoms with Crippen LogP contribution in [0.5, 0.6) is 0 Å². The molecule has 1 amide bonds. The second kappa shape index (κ2) is 5.50. The van der Waals surface area contributed by atoms with Crippen molar-refractivity contribution in [2.24, 2.45) is 0 Å². The van der Waals surface area contributed by atoms with Crippen LogP contribution in [0.1, 0.15) is 32.2 Å². The molecule has 1 aliphatic rings. The van der Waals surface area contributed by atoms with E-state index in [9.17, 15) is 4.79 Å². The Hall–Kier alpha value is -1.85. The van der Waals surface area contributed by atoms with Gasteiger partial charge in [-0.1, -0.05) is 0 Å². The predicted molar refractivity (Wildman–Crippen MR) is 84.7 cm³/mol. The maximum Gasteiger partial charge on any atom is 0.247 e. The van der Waals surface area contributed by atoms with Crippen molar-refractivity contribution < 1.29 is 4.79 Å². The first kappa shape index (κ1) is 15.5. The average molecular weight is 291 g/mol. The molecule has 0 bridgehead atoms. The minimum Gasteiger partial charge on any atom is -0.370 e. The number of nitrogens with one attached hydrogen (secondary N) is 1. The van der Waals surface area contributed by atoms with E-state index in [0.29, 0.717) is 12.4 Å². The molecule has 0 saturated carbocycles. The highest BCUT2D eigenvalue weighted by Crippen LogP contribution is 2.31. The van der Waals surface area contributed by atoms with Crippen molar-refractivity contribution in [1.29, 1.82) is 0 Å². The standard InChI is InChI=1S/C15H25N5O/c1-7-16-12-10(2)13(18-11(3)17-12)20-9-8-19(6)14(21)15(20,4)5/h7-9H2,1-6H3,(H,16,17,18). The third-order valence-corrected chi connectivity index (χ3v) is 4.04. The minimum absolute atomic E-state index is 0.120. The molecule has 1 aromatic heterocycles. The Morgan fingerprint density at radius 3 is 2.52 bits per heavy atom. The van der Waals surface area contributed by atoms with Gasteiger partial charge in [0.1, 0.15) is 23.0 Å². The lowest BCUT2D eigenvalue weighted by molar-refractivity contribution is -0.136. The van der Waals surface area contributed by atoms with E-state index < -0.39 is 5.54 Å². The molecule has 1 aromatic rings. The van der Waals surface area contributed by atoms with Crippen LogP contribution in [0.3, 0.4) is 0 Å². The first-order chi connectivity index (χ1) is 9.78. The molecule has 0 spiro atoms. The van der Waals surface area contributed by atoms with Crippen molar-refractivity contribution in [3.63, 3.8) is 0 Å². The number of aromatic nitrogens is 2. The number of likely N-dealkylation sites (N-methyl/N-ethyl adjacent to an activating group) is 1. The number of amides is 1. The molecule has 0 aromatic carbocycles. The van der Waals surface area contributed by atoms with Gasteiger partial charge >= 0.3 is 0 Å². The fourth-order valence-electron chi connectivity index (χ4n) is 2.80. The fraction of sp³-hybridized carbons (Fsp3) is 0.667. The van der Waals surface area contributed by atoms with E-state index in [2.05, 4.69) is 20.2 Å². The zero-order valence-corrected chi connectivity index (χ0v) is 13.8. The Balaban J connectivity index is 2.48. The number of hydrogen-bond acceptors (Lipinski definition) is 5. The maximum atomic E-state index is 12.5. The molecule has 6 nitrogen and oxygen atoms in total. The van der Waals surface area contributed by atoms with Crippen LogP contribution in [0.2, 0.25) is 0 Å². The van der Waals surface area contributed by atoms with Gasteiger partial charge in [-0.15, -0.1) is 0 Å². The van der Waals surface area contributed by atoms with Crippen LogP contribution >= 0.6 is 0 Å². The summed E-state index contributed by atoms with van der Waals surface area (Å²) in [7, 11) is 1.85. The molecule has 116 valence electrons. The van der Waals surface area contributed by atoms with Crippen molar-refractivity contribution >= 4 is 17.5 Å². The molecule has 1 aliphatic heterocycles.